The maximum absolute atomic E-state index is 12.7. The molecule has 1 rings (SSSR count). The molecule has 0 atom stereocenters. The molecule has 13 heavy (non-hydrogen) atoms. The second kappa shape index (κ2) is 3.40. The molecule has 1 N–H and O–H groups in total. The summed E-state index contributed by atoms with van der Waals surface area (Å²) in [5.41, 5.74) is -0.844. The molecule has 0 bridgehead atoms. The number of nitrogens with zero attached hydrogens (tertiary/aromatic N) is 1. The Morgan fingerprint density at radius 1 is 1.46 bits per heavy atom. The van der Waals surface area contributed by atoms with Gasteiger partial charge in [0.25, 0.3) is 0 Å². The lowest BCUT2D eigenvalue weighted by molar-refractivity contribution is -0.386. The number of benzene rings is 1. The zero-order chi connectivity index (χ0) is 10.2. The van der Waals surface area contributed by atoms with E-state index in [2.05, 4.69) is 0 Å². The normalized spacial score (nSPS) is 10.1. The summed E-state index contributed by atoms with van der Waals surface area (Å²) in [6, 6.07) is 0.758. The third kappa shape index (κ3) is 1.69. The average Bonchev–Trinajstić information content (AvgIpc) is 2.07. The van der Waals surface area contributed by atoms with Crippen LogP contribution in [0.2, 0.25) is 0 Å². The average molecular weight is 301 g/mol. The number of nitro benzene ring substituents is 1. The van der Waals surface area contributed by atoms with E-state index in [4.69, 9.17) is 5.11 Å². The van der Waals surface area contributed by atoms with Gasteiger partial charge in [-0.2, -0.15) is 4.39 Å². The second-order valence-electron chi connectivity index (χ2n) is 2.11. The van der Waals surface area contributed by atoms with Crippen LogP contribution in [-0.2, 0) is 0 Å². The summed E-state index contributed by atoms with van der Waals surface area (Å²) in [5.74, 6) is -4.16. The first-order valence-corrected chi connectivity index (χ1v) is 4.04. The van der Waals surface area contributed by atoms with E-state index in [0.717, 1.165) is 6.07 Å². The zero-order valence-electron chi connectivity index (χ0n) is 5.92. The number of hydrogen-bond donors (Lipinski definition) is 1. The topological polar surface area (TPSA) is 63.4 Å². The summed E-state index contributed by atoms with van der Waals surface area (Å²) < 4.78 is 25.1. The van der Waals surface area contributed by atoms with Gasteiger partial charge in [-0.15, -0.1) is 0 Å². The Labute approximate surface area is 84.5 Å². The molecule has 0 aliphatic rings. The molecule has 0 amide bonds. The van der Waals surface area contributed by atoms with Crippen LogP contribution in [0.4, 0.5) is 14.5 Å². The van der Waals surface area contributed by atoms with Gasteiger partial charge in [0, 0.05) is 6.07 Å². The van der Waals surface area contributed by atoms with Gasteiger partial charge in [-0.1, -0.05) is 0 Å². The van der Waals surface area contributed by atoms with Crippen molar-refractivity contribution in [3.05, 3.63) is 31.4 Å². The molecule has 70 valence electrons. The summed E-state index contributed by atoms with van der Waals surface area (Å²) in [6.45, 7) is 0. The van der Waals surface area contributed by atoms with Gasteiger partial charge in [0.15, 0.2) is 5.82 Å². The first kappa shape index (κ1) is 10.1. The van der Waals surface area contributed by atoms with E-state index in [0.29, 0.717) is 0 Å². The van der Waals surface area contributed by atoms with Crippen LogP contribution in [0.15, 0.2) is 6.07 Å². The highest BCUT2D eigenvalue weighted by atomic mass is 127. The maximum atomic E-state index is 12.7. The largest absolute Gasteiger partial charge is 0.500 e. The molecule has 0 aliphatic carbocycles. The van der Waals surface area contributed by atoms with E-state index in [1.54, 1.807) is 0 Å². The summed E-state index contributed by atoms with van der Waals surface area (Å²) in [6.07, 6.45) is 0. The van der Waals surface area contributed by atoms with Gasteiger partial charge in [-0.05, 0) is 22.6 Å². The molecule has 0 spiro atoms. The predicted molar refractivity (Wildman–Crippen MR) is 47.4 cm³/mol. The summed E-state index contributed by atoms with van der Waals surface area (Å²) in [7, 11) is 0. The van der Waals surface area contributed by atoms with Gasteiger partial charge >= 0.3 is 5.69 Å². The van der Waals surface area contributed by atoms with Gasteiger partial charge in [0.05, 0.1) is 8.49 Å². The molecule has 0 aromatic heterocycles. The Hall–Kier alpha value is -0.990. The number of phenolic OH excluding ortho intramolecular Hbond substituents is 1. The minimum atomic E-state index is -1.60. The highest BCUT2D eigenvalue weighted by molar-refractivity contribution is 14.1. The van der Waals surface area contributed by atoms with Gasteiger partial charge in [0.2, 0.25) is 11.6 Å². The molecule has 1 aromatic carbocycles. The lowest BCUT2D eigenvalue weighted by Gasteiger charge is -2.00. The highest BCUT2D eigenvalue weighted by Crippen LogP contribution is 2.32. The van der Waals surface area contributed by atoms with Crippen LogP contribution >= 0.6 is 22.6 Å². The maximum Gasteiger partial charge on any atom is 0.315 e. The lowest BCUT2D eigenvalue weighted by Crippen LogP contribution is -1.96. The number of phenols is 1. The molecule has 0 fully saturated rings. The fourth-order valence-corrected chi connectivity index (χ4v) is 1.24. The lowest BCUT2D eigenvalue weighted by atomic mass is 10.3. The van der Waals surface area contributed by atoms with Gasteiger partial charge in [-0.3, -0.25) is 10.1 Å². The summed E-state index contributed by atoms with van der Waals surface area (Å²) in [4.78, 5) is 9.20. The van der Waals surface area contributed by atoms with Crippen molar-refractivity contribution >= 4 is 28.3 Å². The van der Waals surface area contributed by atoms with E-state index in [9.17, 15) is 18.9 Å². The van der Waals surface area contributed by atoms with Crippen LogP contribution < -0.4 is 0 Å². The Kier molecular flexibility index (Phi) is 2.64. The van der Waals surface area contributed by atoms with Crippen molar-refractivity contribution in [2.24, 2.45) is 0 Å². The SMILES string of the molecule is O=[N+]([O-])c1cc(I)c(F)c(F)c1O. The standard InChI is InChI=1S/C6H2F2INO3/c7-4-2(9)1-3(10(12)13)6(11)5(4)8/h1,11H. The Morgan fingerprint density at radius 3 is 2.46 bits per heavy atom. The van der Waals surface area contributed by atoms with E-state index in [1.165, 1.54) is 22.6 Å². The third-order valence-corrected chi connectivity index (χ3v) is 2.10. The monoisotopic (exact) mass is 301 g/mol. The van der Waals surface area contributed by atoms with Crippen molar-refractivity contribution in [3.8, 4) is 5.75 Å². The summed E-state index contributed by atoms with van der Waals surface area (Å²) >= 11 is 1.40. The van der Waals surface area contributed by atoms with E-state index in [-0.39, 0.29) is 3.57 Å². The second-order valence-corrected chi connectivity index (χ2v) is 3.27. The van der Waals surface area contributed by atoms with Crippen LogP contribution in [0.3, 0.4) is 0 Å². The number of halogens is 3. The highest BCUT2D eigenvalue weighted by Gasteiger charge is 2.23. The van der Waals surface area contributed by atoms with Crippen LogP contribution in [-0.4, -0.2) is 10.0 Å². The van der Waals surface area contributed by atoms with Gasteiger partial charge in [-0.25, -0.2) is 4.39 Å². The zero-order valence-corrected chi connectivity index (χ0v) is 8.08. The minimum Gasteiger partial charge on any atom is -0.500 e. The van der Waals surface area contributed by atoms with Crippen molar-refractivity contribution in [3.63, 3.8) is 0 Å². The van der Waals surface area contributed by atoms with Crippen molar-refractivity contribution in [1.29, 1.82) is 0 Å². The molecule has 0 heterocycles. The van der Waals surface area contributed by atoms with Gasteiger partial charge < -0.3 is 5.11 Å². The number of rotatable bonds is 1. The van der Waals surface area contributed by atoms with E-state index >= 15 is 0 Å². The fourth-order valence-electron chi connectivity index (χ4n) is 0.712. The smallest absolute Gasteiger partial charge is 0.315 e. The van der Waals surface area contributed by atoms with Crippen molar-refractivity contribution in [2.75, 3.05) is 0 Å². The quantitative estimate of drug-likeness (QED) is 0.374. The molecule has 0 aliphatic heterocycles. The van der Waals surface area contributed by atoms with Crippen molar-refractivity contribution < 1.29 is 18.8 Å². The molecule has 0 saturated heterocycles. The number of hydrogen-bond acceptors (Lipinski definition) is 3. The fraction of sp³-hybridized carbons (Fsp3) is 0. The Morgan fingerprint density at radius 2 is 2.00 bits per heavy atom. The third-order valence-electron chi connectivity index (χ3n) is 1.31. The van der Waals surface area contributed by atoms with Crippen molar-refractivity contribution in [2.45, 2.75) is 0 Å². The van der Waals surface area contributed by atoms with E-state index < -0.39 is 28.0 Å². The molecule has 4 nitrogen and oxygen atoms in total. The van der Waals surface area contributed by atoms with Crippen LogP contribution in [0, 0.1) is 25.3 Å². The first-order valence-electron chi connectivity index (χ1n) is 2.96. The summed E-state index contributed by atoms with van der Waals surface area (Å²) in [5, 5.41) is 19.0. The van der Waals surface area contributed by atoms with E-state index in [1.807, 2.05) is 0 Å². The first-order chi connectivity index (χ1) is 5.95. The Bertz CT molecular complexity index is 383. The number of nitro groups is 1. The predicted octanol–water partition coefficient (Wildman–Crippen LogP) is 2.18. The van der Waals surface area contributed by atoms with Crippen LogP contribution in [0.25, 0.3) is 0 Å². The molecule has 0 unspecified atom stereocenters. The number of aromatic hydroxyl groups is 1. The molecule has 0 radical (unpaired) electrons. The van der Waals surface area contributed by atoms with Crippen LogP contribution in [0.5, 0.6) is 5.75 Å². The molecular formula is C6H2F2INO3. The molecule has 1 aromatic rings. The van der Waals surface area contributed by atoms with Crippen molar-refractivity contribution in [1.82, 2.24) is 0 Å². The molecule has 0 saturated carbocycles. The molecular weight excluding hydrogens is 299 g/mol. The molecule has 7 heteroatoms. The van der Waals surface area contributed by atoms with Crippen LogP contribution in [0.1, 0.15) is 0 Å². The van der Waals surface area contributed by atoms with Gasteiger partial charge in [0.1, 0.15) is 0 Å². The minimum absolute atomic E-state index is 0.250. The Balaban J connectivity index is 3.50.